The van der Waals surface area contributed by atoms with Crippen LogP contribution in [0.1, 0.15) is 18.2 Å². The lowest BCUT2D eigenvalue weighted by Gasteiger charge is -2.04. The van der Waals surface area contributed by atoms with Gasteiger partial charge in [-0.2, -0.15) is 4.37 Å². The van der Waals surface area contributed by atoms with Crippen molar-refractivity contribution in [3.63, 3.8) is 0 Å². The highest BCUT2D eigenvalue weighted by atomic mass is 32.1. The SMILES string of the molecule is CCc1cccc2c(=O)c3c(C)nsc3[nH]c12. The molecule has 0 fully saturated rings. The summed E-state index contributed by atoms with van der Waals surface area (Å²) in [6.07, 6.45) is 0.913. The first-order chi connectivity index (χ1) is 8.22. The van der Waals surface area contributed by atoms with Gasteiger partial charge in [-0.3, -0.25) is 4.79 Å². The summed E-state index contributed by atoms with van der Waals surface area (Å²) in [5.41, 5.74) is 3.04. The van der Waals surface area contributed by atoms with Gasteiger partial charge in [0.05, 0.1) is 16.6 Å². The van der Waals surface area contributed by atoms with E-state index < -0.39 is 0 Å². The fourth-order valence-corrected chi connectivity index (χ4v) is 3.00. The molecule has 4 heteroatoms. The third-order valence-electron chi connectivity index (χ3n) is 3.10. The summed E-state index contributed by atoms with van der Waals surface area (Å²) in [6.45, 7) is 3.97. The zero-order valence-corrected chi connectivity index (χ0v) is 10.5. The van der Waals surface area contributed by atoms with Crippen LogP contribution in [0.3, 0.4) is 0 Å². The van der Waals surface area contributed by atoms with Gasteiger partial charge in [0, 0.05) is 5.39 Å². The van der Waals surface area contributed by atoms with E-state index in [0.717, 1.165) is 33.2 Å². The third kappa shape index (κ3) is 1.41. The number of fused-ring (bicyclic) bond motifs is 2. The smallest absolute Gasteiger partial charge is 0.199 e. The average molecular weight is 244 g/mol. The number of hydrogen-bond acceptors (Lipinski definition) is 3. The van der Waals surface area contributed by atoms with Crippen molar-refractivity contribution in [3.8, 4) is 0 Å². The molecule has 3 rings (SSSR count). The minimum Gasteiger partial charge on any atom is -0.345 e. The van der Waals surface area contributed by atoms with E-state index in [2.05, 4.69) is 22.3 Å². The lowest BCUT2D eigenvalue weighted by Crippen LogP contribution is -2.05. The monoisotopic (exact) mass is 244 g/mol. The van der Waals surface area contributed by atoms with Gasteiger partial charge in [-0.05, 0) is 36.5 Å². The molecular formula is C13H12N2OS. The number of nitrogens with zero attached hydrogens (tertiary/aromatic N) is 1. The van der Waals surface area contributed by atoms with Crippen LogP contribution in [0.5, 0.6) is 0 Å². The Labute approximate surface area is 102 Å². The molecule has 1 N–H and O–H groups in total. The Morgan fingerprint density at radius 1 is 1.41 bits per heavy atom. The molecule has 0 saturated heterocycles. The quantitative estimate of drug-likeness (QED) is 0.715. The minimum atomic E-state index is 0.0929. The molecule has 0 radical (unpaired) electrons. The fraction of sp³-hybridized carbons (Fsp3) is 0.231. The molecule has 17 heavy (non-hydrogen) atoms. The van der Waals surface area contributed by atoms with Gasteiger partial charge >= 0.3 is 0 Å². The van der Waals surface area contributed by atoms with Crippen LogP contribution in [0.15, 0.2) is 23.0 Å². The van der Waals surface area contributed by atoms with Crippen molar-refractivity contribution in [2.24, 2.45) is 0 Å². The van der Waals surface area contributed by atoms with Crippen molar-refractivity contribution in [1.82, 2.24) is 9.36 Å². The number of aromatic amines is 1. The second-order valence-electron chi connectivity index (χ2n) is 4.12. The van der Waals surface area contributed by atoms with Gasteiger partial charge in [-0.25, -0.2) is 0 Å². The first kappa shape index (κ1) is 10.5. The normalized spacial score (nSPS) is 11.4. The molecule has 0 bridgehead atoms. The molecule has 3 nitrogen and oxygen atoms in total. The molecule has 2 aromatic heterocycles. The molecule has 0 aliphatic heterocycles. The number of aryl methyl sites for hydroxylation is 2. The van der Waals surface area contributed by atoms with E-state index in [0.29, 0.717) is 0 Å². The Morgan fingerprint density at radius 3 is 3.00 bits per heavy atom. The van der Waals surface area contributed by atoms with Crippen LogP contribution < -0.4 is 5.43 Å². The molecular weight excluding hydrogens is 232 g/mol. The summed E-state index contributed by atoms with van der Waals surface area (Å²) in [4.78, 5) is 16.6. The second-order valence-corrected chi connectivity index (χ2v) is 4.89. The van der Waals surface area contributed by atoms with Gasteiger partial charge < -0.3 is 4.98 Å². The zero-order valence-electron chi connectivity index (χ0n) is 9.70. The number of benzene rings is 1. The first-order valence-corrected chi connectivity index (χ1v) is 6.39. The molecule has 0 aliphatic carbocycles. The van der Waals surface area contributed by atoms with E-state index in [4.69, 9.17) is 0 Å². The number of pyridine rings is 1. The Bertz CT molecular complexity index is 770. The van der Waals surface area contributed by atoms with Crippen molar-refractivity contribution in [3.05, 3.63) is 39.7 Å². The van der Waals surface area contributed by atoms with E-state index in [1.807, 2.05) is 19.1 Å². The molecule has 0 atom stereocenters. The van der Waals surface area contributed by atoms with Crippen LogP contribution in [0.25, 0.3) is 21.1 Å². The number of para-hydroxylation sites is 1. The third-order valence-corrected chi connectivity index (χ3v) is 3.96. The maximum absolute atomic E-state index is 12.4. The predicted molar refractivity (Wildman–Crippen MR) is 71.9 cm³/mol. The number of nitrogens with one attached hydrogen (secondary N) is 1. The van der Waals surface area contributed by atoms with Crippen molar-refractivity contribution in [2.75, 3.05) is 0 Å². The van der Waals surface area contributed by atoms with E-state index in [9.17, 15) is 4.79 Å². The van der Waals surface area contributed by atoms with Crippen LogP contribution in [-0.2, 0) is 6.42 Å². The summed E-state index contributed by atoms with van der Waals surface area (Å²) in [7, 11) is 0. The molecule has 0 aliphatic rings. The predicted octanol–water partition coefficient (Wildman–Crippen LogP) is 3.01. The highest BCUT2D eigenvalue weighted by molar-refractivity contribution is 7.13. The van der Waals surface area contributed by atoms with Gasteiger partial charge in [-0.1, -0.05) is 19.1 Å². The first-order valence-electron chi connectivity index (χ1n) is 5.62. The van der Waals surface area contributed by atoms with Crippen LogP contribution in [0.2, 0.25) is 0 Å². The fourth-order valence-electron chi connectivity index (χ4n) is 2.20. The lowest BCUT2D eigenvalue weighted by molar-refractivity contribution is 1.15. The van der Waals surface area contributed by atoms with Gasteiger partial charge in [0.1, 0.15) is 4.83 Å². The van der Waals surface area contributed by atoms with Gasteiger partial charge in [0.25, 0.3) is 0 Å². The summed E-state index contributed by atoms with van der Waals surface area (Å²) in [6, 6.07) is 5.87. The maximum Gasteiger partial charge on any atom is 0.199 e. The largest absolute Gasteiger partial charge is 0.345 e. The highest BCUT2D eigenvalue weighted by Crippen LogP contribution is 2.22. The molecule has 3 aromatic rings. The summed E-state index contributed by atoms with van der Waals surface area (Å²) < 4.78 is 4.25. The number of aromatic nitrogens is 2. The van der Waals surface area contributed by atoms with Gasteiger partial charge in [0.2, 0.25) is 0 Å². The van der Waals surface area contributed by atoms with E-state index in [1.165, 1.54) is 17.1 Å². The van der Waals surface area contributed by atoms with E-state index in [1.54, 1.807) is 0 Å². The number of rotatable bonds is 1. The summed E-state index contributed by atoms with van der Waals surface area (Å²) >= 11 is 1.36. The highest BCUT2D eigenvalue weighted by Gasteiger charge is 2.11. The Kier molecular flexibility index (Phi) is 2.26. The standard InChI is InChI=1S/C13H12N2OS/c1-3-8-5-4-6-9-11(8)14-13-10(12(9)16)7(2)15-17-13/h4-6H,3H2,1-2H3,(H,14,16). The summed E-state index contributed by atoms with van der Waals surface area (Å²) in [5, 5.41) is 1.50. The molecule has 0 spiro atoms. The van der Waals surface area contributed by atoms with E-state index >= 15 is 0 Å². The topological polar surface area (TPSA) is 45.8 Å². The molecule has 1 aromatic carbocycles. The molecule has 0 saturated carbocycles. The molecule has 86 valence electrons. The molecule has 0 amide bonds. The molecule has 2 heterocycles. The van der Waals surface area contributed by atoms with Gasteiger partial charge in [-0.15, -0.1) is 0 Å². The lowest BCUT2D eigenvalue weighted by atomic mass is 10.1. The van der Waals surface area contributed by atoms with Gasteiger partial charge in [0.15, 0.2) is 5.43 Å². The Hall–Kier alpha value is -1.68. The van der Waals surface area contributed by atoms with Crippen molar-refractivity contribution < 1.29 is 0 Å². The van der Waals surface area contributed by atoms with Crippen LogP contribution in [-0.4, -0.2) is 9.36 Å². The number of H-pyrrole nitrogens is 1. The Balaban J connectivity index is 2.61. The molecule has 0 unspecified atom stereocenters. The van der Waals surface area contributed by atoms with Crippen molar-refractivity contribution >= 4 is 32.7 Å². The van der Waals surface area contributed by atoms with Crippen LogP contribution in [0, 0.1) is 6.92 Å². The van der Waals surface area contributed by atoms with Crippen LogP contribution >= 0.6 is 11.5 Å². The zero-order chi connectivity index (χ0) is 12.0. The second kappa shape index (κ2) is 3.67. The van der Waals surface area contributed by atoms with Crippen molar-refractivity contribution in [1.29, 1.82) is 0 Å². The van der Waals surface area contributed by atoms with E-state index in [-0.39, 0.29) is 5.43 Å². The Morgan fingerprint density at radius 2 is 2.24 bits per heavy atom. The van der Waals surface area contributed by atoms with Crippen molar-refractivity contribution in [2.45, 2.75) is 20.3 Å². The minimum absolute atomic E-state index is 0.0929. The maximum atomic E-state index is 12.4. The average Bonchev–Trinajstić information content (AvgIpc) is 2.71. The summed E-state index contributed by atoms with van der Waals surface area (Å²) in [5.74, 6) is 0. The van der Waals surface area contributed by atoms with Crippen LogP contribution in [0.4, 0.5) is 0 Å². The number of hydrogen-bond donors (Lipinski definition) is 1.